The lowest BCUT2D eigenvalue weighted by Crippen LogP contribution is -2.44. The SMILES string of the molecule is CC(C)OC(=O)[C@@H](C)NP(=O)(OCCSC(=O)C(C)(C)C)OC1[C@H]2O[C@@H](n3cnc4c(N)ncnc43)[C@](C)(Cl)[C@@]12O. The summed E-state index contributed by atoms with van der Waals surface area (Å²) in [6.45, 7) is 11.6. The highest BCUT2D eigenvalue weighted by Gasteiger charge is 2.83. The molecule has 0 spiro atoms. The summed E-state index contributed by atoms with van der Waals surface area (Å²) in [4.78, 5) is 35.6. The largest absolute Gasteiger partial charge is 0.462 e. The molecule has 4 rings (SSSR count). The predicted octanol–water partition coefficient (Wildman–Crippen LogP) is 2.79. The van der Waals surface area contributed by atoms with Gasteiger partial charge >= 0.3 is 13.7 Å². The van der Waals surface area contributed by atoms with Crippen LogP contribution >= 0.6 is 31.1 Å². The number of fused-ring (bicyclic) bond motifs is 2. The Kier molecular flexibility index (Phi) is 8.88. The number of rotatable bonds is 11. The second-order valence-corrected chi connectivity index (χ2v) is 15.0. The van der Waals surface area contributed by atoms with Gasteiger partial charge in [0, 0.05) is 11.2 Å². The van der Waals surface area contributed by atoms with Crippen LogP contribution in [0.1, 0.15) is 54.7 Å². The Morgan fingerprint density at radius 2 is 2.00 bits per heavy atom. The molecule has 0 radical (unpaired) electrons. The van der Waals surface area contributed by atoms with Gasteiger partial charge in [-0.25, -0.2) is 24.6 Å². The van der Waals surface area contributed by atoms with Crippen LogP contribution in [0.15, 0.2) is 12.7 Å². The summed E-state index contributed by atoms with van der Waals surface area (Å²) in [5.74, 6) is -0.324. The van der Waals surface area contributed by atoms with Gasteiger partial charge in [-0.2, -0.15) is 0 Å². The molecule has 4 N–H and O–H groups in total. The van der Waals surface area contributed by atoms with Crippen LogP contribution in [0.5, 0.6) is 0 Å². The minimum absolute atomic E-state index is 0.0684. The highest BCUT2D eigenvalue weighted by molar-refractivity contribution is 8.13. The molecule has 0 bridgehead atoms. The van der Waals surface area contributed by atoms with Crippen LogP contribution in [0.2, 0.25) is 0 Å². The third-order valence-electron chi connectivity index (χ3n) is 6.70. The number of esters is 1. The molecular weight excluding hydrogens is 599 g/mol. The number of carbonyl (C=O) groups is 2. The molecule has 0 amide bonds. The normalized spacial score (nSPS) is 29.8. The first-order valence-electron chi connectivity index (χ1n) is 13.0. The van der Waals surface area contributed by atoms with Crippen molar-refractivity contribution in [1.82, 2.24) is 24.6 Å². The first kappa shape index (κ1) is 32.1. The van der Waals surface area contributed by atoms with Crippen LogP contribution in [0.4, 0.5) is 5.82 Å². The van der Waals surface area contributed by atoms with Crippen LogP contribution in [0.3, 0.4) is 0 Å². The van der Waals surface area contributed by atoms with Crippen LogP contribution in [-0.4, -0.2) is 82.9 Å². The number of anilines is 1. The average molecular weight is 635 g/mol. The van der Waals surface area contributed by atoms with Gasteiger partial charge in [0.25, 0.3) is 0 Å². The van der Waals surface area contributed by atoms with E-state index in [1.54, 1.807) is 41.5 Å². The summed E-state index contributed by atoms with van der Waals surface area (Å²) in [7, 11) is -4.28. The Labute approximate surface area is 247 Å². The zero-order valence-electron chi connectivity index (χ0n) is 23.9. The maximum atomic E-state index is 13.9. The summed E-state index contributed by atoms with van der Waals surface area (Å²) in [5, 5.41) is 14.1. The van der Waals surface area contributed by atoms with E-state index in [9.17, 15) is 19.3 Å². The fraction of sp³-hybridized carbons (Fsp3) is 0.708. The number of aromatic nitrogens is 4. The number of aliphatic hydroxyl groups is 1. The van der Waals surface area contributed by atoms with E-state index < -0.39 is 60.2 Å². The Hall–Kier alpha value is -1.84. The quantitative estimate of drug-likeness (QED) is 0.141. The molecule has 17 heteroatoms. The number of thioether (sulfide) groups is 1. The molecular formula is C24H36ClN6O8PS. The average Bonchev–Trinajstić information content (AvgIpc) is 3.12. The van der Waals surface area contributed by atoms with E-state index in [0.29, 0.717) is 11.2 Å². The molecule has 41 heavy (non-hydrogen) atoms. The monoisotopic (exact) mass is 634 g/mol. The second-order valence-electron chi connectivity index (χ2n) is 11.5. The van der Waals surface area contributed by atoms with Crippen molar-refractivity contribution in [2.45, 2.75) is 89.5 Å². The van der Waals surface area contributed by atoms with E-state index in [2.05, 4.69) is 20.0 Å². The fourth-order valence-electron chi connectivity index (χ4n) is 4.39. The summed E-state index contributed by atoms with van der Waals surface area (Å²) < 4.78 is 38.1. The number of imidazole rings is 1. The molecule has 14 nitrogen and oxygen atoms in total. The molecule has 2 aromatic rings. The van der Waals surface area contributed by atoms with Crippen LogP contribution in [-0.2, 0) is 32.7 Å². The summed E-state index contributed by atoms with van der Waals surface area (Å²) in [5.41, 5.74) is 4.22. The van der Waals surface area contributed by atoms with Gasteiger partial charge in [-0.1, -0.05) is 32.5 Å². The van der Waals surface area contributed by atoms with Crippen molar-refractivity contribution >= 4 is 59.2 Å². The minimum Gasteiger partial charge on any atom is -0.462 e. The first-order valence-corrected chi connectivity index (χ1v) is 15.9. The van der Waals surface area contributed by atoms with Gasteiger partial charge in [-0.3, -0.25) is 23.2 Å². The number of ether oxygens (including phenoxy) is 2. The van der Waals surface area contributed by atoms with E-state index in [1.807, 2.05) is 0 Å². The van der Waals surface area contributed by atoms with E-state index in [0.717, 1.165) is 11.8 Å². The third-order valence-corrected chi connectivity index (χ3v) is 10.2. The summed E-state index contributed by atoms with van der Waals surface area (Å²) in [6.07, 6.45) is -0.814. The smallest absolute Gasteiger partial charge is 0.406 e. The molecule has 2 fully saturated rings. The van der Waals surface area contributed by atoms with Crippen molar-refractivity contribution < 1.29 is 37.8 Å². The van der Waals surface area contributed by atoms with E-state index in [4.69, 9.17) is 35.9 Å². The van der Waals surface area contributed by atoms with Crippen molar-refractivity contribution in [1.29, 1.82) is 0 Å². The number of nitrogen functional groups attached to an aromatic ring is 1. The van der Waals surface area contributed by atoms with Gasteiger partial charge in [-0.15, -0.1) is 11.6 Å². The van der Waals surface area contributed by atoms with E-state index in [1.165, 1.54) is 24.1 Å². The number of nitrogens with zero attached hydrogens (tertiary/aromatic N) is 4. The van der Waals surface area contributed by atoms with Crippen molar-refractivity contribution in [2.24, 2.45) is 5.41 Å². The Morgan fingerprint density at radius 3 is 2.59 bits per heavy atom. The van der Waals surface area contributed by atoms with Gasteiger partial charge < -0.3 is 20.3 Å². The Morgan fingerprint density at radius 1 is 1.32 bits per heavy atom. The number of halogens is 1. The van der Waals surface area contributed by atoms with Gasteiger partial charge in [-0.05, 0) is 27.7 Å². The topological polar surface area (TPSA) is 190 Å². The van der Waals surface area contributed by atoms with E-state index in [-0.39, 0.29) is 23.3 Å². The molecule has 3 heterocycles. The molecule has 1 saturated carbocycles. The standard InChI is InChI=1S/C24H36ClN6O8PS/c1-12(2)37-19(32)13(3)30-40(35,36-8-9-41-21(33)22(4,5)6)39-16-15-24(16,34)23(7,25)20(38-15)31-11-29-14-17(26)27-10-28-18(14)31/h10-13,15-16,20,34H,8-9H2,1-7H3,(H,30,35)(H2,26,27,28)/t13-,15-,16?,20-,23+,24+,40?/m1/s1. The van der Waals surface area contributed by atoms with Crippen molar-refractivity contribution in [3.05, 3.63) is 12.7 Å². The summed E-state index contributed by atoms with van der Waals surface area (Å²) in [6, 6.07) is -1.08. The second kappa shape index (κ2) is 11.3. The first-order chi connectivity index (χ1) is 18.9. The molecule has 228 valence electrons. The maximum Gasteiger partial charge on any atom is 0.406 e. The van der Waals surface area contributed by atoms with Crippen LogP contribution in [0.25, 0.3) is 11.2 Å². The molecule has 0 aromatic carbocycles. The number of nitrogens with two attached hydrogens (primary N) is 1. The van der Waals surface area contributed by atoms with Crippen molar-refractivity contribution in [3.63, 3.8) is 0 Å². The lowest BCUT2D eigenvalue weighted by Gasteiger charge is -2.33. The van der Waals surface area contributed by atoms with Crippen molar-refractivity contribution in [2.75, 3.05) is 18.1 Å². The Bertz CT molecular complexity index is 1370. The third kappa shape index (κ3) is 6.14. The number of hydrogen-bond acceptors (Lipinski definition) is 13. The highest BCUT2D eigenvalue weighted by Crippen LogP contribution is 2.67. The number of nitrogens with one attached hydrogen (secondary N) is 1. The van der Waals surface area contributed by atoms with Crippen LogP contribution in [0, 0.1) is 5.41 Å². The highest BCUT2D eigenvalue weighted by atomic mass is 35.5. The molecule has 1 aliphatic carbocycles. The summed E-state index contributed by atoms with van der Waals surface area (Å²) >= 11 is 7.92. The lowest BCUT2D eigenvalue weighted by molar-refractivity contribution is -0.149. The molecule has 7 atom stereocenters. The van der Waals surface area contributed by atoms with Crippen LogP contribution < -0.4 is 10.8 Å². The van der Waals surface area contributed by atoms with Crippen molar-refractivity contribution in [3.8, 4) is 0 Å². The zero-order valence-corrected chi connectivity index (χ0v) is 26.3. The van der Waals surface area contributed by atoms with Gasteiger partial charge in [0.2, 0.25) is 0 Å². The van der Waals surface area contributed by atoms with Gasteiger partial charge in [0.05, 0.1) is 19.0 Å². The van der Waals surface area contributed by atoms with Gasteiger partial charge in [0.1, 0.15) is 40.6 Å². The molecule has 1 aliphatic heterocycles. The molecule has 2 aliphatic rings. The fourth-order valence-corrected chi connectivity index (χ4v) is 7.35. The molecule has 2 aromatic heterocycles. The lowest BCUT2D eigenvalue weighted by atomic mass is 10.00. The number of hydrogen-bond donors (Lipinski definition) is 3. The minimum atomic E-state index is -4.28. The number of alkyl halides is 1. The van der Waals surface area contributed by atoms with E-state index >= 15 is 0 Å². The predicted molar refractivity (Wildman–Crippen MR) is 152 cm³/mol. The number of carbonyl (C=O) groups excluding carboxylic acids is 2. The van der Waals surface area contributed by atoms with Gasteiger partial charge in [0.15, 0.2) is 22.8 Å². The molecule has 1 saturated heterocycles. The molecule has 2 unspecified atom stereocenters. The zero-order chi connectivity index (χ0) is 30.5. The maximum absolute atomic E-state index is 13.9. The Balaban J connectivity index is 1.50.